The number of hydrogen-bond acceptors (Lipinski definition) is 3. The second kappa shape index (κ2) is 5.34. The van der Waals surface area contributed by atoms with Gasteiger partial charge in [0, 0.05) is 36.6 Å². The smallest absolute Gasteiger partial charge is 0.0661 e. The zero-order chi connectivity index (χ0) is 13.3. The molecule has 0 aliphatic heterocycles. The van der Waals surface area contributed by atoms with Crippen molar-refractivity contribution in [3.63, 3.8) is 0 Å². The number of nitrogens with one attached hydrogen (secondary N) is 1. The fraction of sp³-hybridized carbons (Fsp3) is 1.00. The third-order valence-corrected chi connectivity index (χ3v) is 5.95. The number of aliphatic hydroxyl groups is 1. The molecule has 110 valence electrons. The third-order valence-electron chi connectivity index (χ3n) is 5.95. The van der Waals surface area contributed by atoms with E-state index in [1.165, 1.54) is 51.4 Å². The molecule has 2 atom stereocenters. The van der Waals surface area contributed by atoms with Gasteiger partial charge in [0.05, 0.1) is 6.10 Å². The molecule has 3 nitrogen and oxygen atoms in total. The molecule has 3 fully saturated rings. The van der Waals surface area contributed by atoms with E-state index in [0.29, 0.717) is 24.2 Å². The van der Waals surface area contributed by atoms with E-state index in [1.807, 2.05) is 0 Å². The molecule has 3 heteroatoms. The van der Waals surface area contributed by atoms with Gasteiger partial charge in [-0.25, -0.2) is 0 Å². The third kappa shape index (κ3) is 2.45. The lowest BCUT2D eigenvalue weighted by Crippen LogP contribution is -2.65. The van der Waals surface area contributed by atoms with Crippen molar-refractivity contribution in [3.05, 3.63) is 0 Å². The molecule has 3 rings (SSSR count). The van der Waals surface area contributed by atoms with Crippen molar-refractivity contribution < 1.29 is 9.84 Å². The number of ether oxygens (including phenoxy) is 1. The first-order valence-electron chi connectivity index (χ1n) is 8.21. The Morgan fingerprint density at radius 1 is 1.16 bits per heavy atom. The average Bonchev–Trinajstić information content (AvgIpc) is 3.23. The Balaban J connectivity index is 1.58. The minimum absolute atomic E-state index is 0.229. The zero-order valence-electron chi connectivity index (χ0n) is 12.3. The van der Waals surface area contributed by atoms with Crippen molar-refractivity contribution in [1.82, 2.24) is 5.32 Å². The number of rotatable bonds is 6. The molecule has 0 amide bonds. The van der Waals surface area contributed by atoms with Crippen molar-refractivity contribution in [2.24, 2.45) is 10.8 Å². The van der Waals surface area contributed by atoms with Crippen LogP contribution < -0.4 is 5.32 Å². The molecule has 3 saturated carbocycles. The predicted octanol–water partition coefficient (Wildman–Crippen LogP) is 2.48. The lowest BCUT2D eigenvalue weighted by molar-refractivity contribution is -0.150. The van der Waals surface area contributed by atoms with Crippen LogP contribution in [0.3, 0.4) is 0 Å². The molecule has 1 spiro atoms. The molecule has 2 N–H and O–H groups in total. The van der Waals surface area contributed by atoms with E-state index in [0.717, 1.165) is 13.2 Å². The maximum Gasteiger partial charge on any atom is 0.0661 e. The van der Waals surface area contributed by atoms with Crippen LogP contribution in [0, 0.1) is 10.8 Å². The summed E-state index contributed by atoms with van der Waals surface area (Å²) in [6, 6.07) is 0.633. The highest BCUT2D eigenvalue weighted by molar-refractivity contribution is 5.10. The number of hydrogen-bond donors (Lipinski definition) is 2. The second-order valence-corrected chi connectivity index (χ2v) is 7.07. The molecule has 0 bridgehead atoms. The van der Waals surface area contributed by atoms with Crippen molar-refractivity contribution in [2.75, 3.05) is 19.8 Å². The Morgan fingerprint density at radius 2 is 1.89 bits per heavy atom. The van der Waals surface area contributed by atoms with Crippen LogP contribution in [0.15, 0.2) is 0 Å². The summed E-state index contributed by atoms with van der Waals surface area (Å²) in [5.74, 6) is 0. The van der Waals surface area contributed by atoms with Crippen molar-refractivity contribution in [2.45, 2.75) is 70.4 Å². The van der Waals surface area contributed by atoms with Crippen LogP contribution >= 0.6 is 0 Å². The van der Waals surface area contributed by atoms with Crippen LogP contribution in [0.5, 0.6) is 0 Å². The van der Waals surface area contributed by atoms with E-state index in [4.69, 9.17) is 4.74 Å². The fourth-order valence-corrected chi connectivity index (χ4v) is 4.26. The summed E-state index contributed by atoms with van der Waals surface area (Å²) in [4.78, 5) is 0. The minimum Gasteiger partial charge on any atom is -0.396 e. The Kier molecular flexibility index (Phi) is 3.89. The molecule has 2 unspecified atom stereocenters. The van der Waals surface area contributed by atoms with E-state index in [1.54, 1.807) is 0 Å². The van der Waals surface area contributed by atoms with Gasteiger partial charge in [-0.15, -0.1) is 0 Å². The van der Waals surface area contributed by atoms with Crippen LogP contribution in [0.2, 0.25) is 0 Å². The molecule has 19 heavy (non-hydrogen) atoms. The van der Waals surface area contributed by atoms with Gasteiger partial charge in [0.25, 0.3) is 0 Å². The Labute approximate surface area is 117 Å². The highest BCUT2D eigenvalue weighted by atomic mass is 16.5. The largest absolute Gasteiger partial charge is 0.396 e. The minimum atomic E-state index is 0.229. The van der Waals surface area contributed by atoms with Gasteiger partial charge >= 0.3 is 0 Å². The quantitative estimate of drug-likeness (QED) is 0.777. The van der Waals surface area contributed by atoms with Crippen LogP contribution in [0.4, 0.5) is 0 Å². The average molecular weight is 267 g/mol. The SMILES string of the molecule is CCOC1CC(NCC2(CO)CC2)C12CCCCC2. The molecule has 3 aliphatic carbocycles. The van der Waals surface area contributed by atoms with Crippen LogP contribution in [-0.2, 0) is 4.74 Å². The van der Waals surface area contributed by atoms with E-state index >= 15 is 0 Å². The molecule has 0 aromatic carbocycles. The highest BCUT2D eigenvalue weighted by Crippen LogP contribution is 2.54. The topological polar surface area (TPSA) is 41.5 Å². The van der Waals surface area contributed by atoms with Gasteiger partial charge in [0.1, 0.15) is 0 Å². The fourth-order valence-electron chi connectivity index (χ4n) is 4.26. The maximum atomic E-state index is 9.43. The van der Waals surface area contributed by atoms with E-state index in [2.05, 4.69) is 12.2 Å². The maximum absolute atomic E-state index is 9.43. The van der Waals surface area contributed by atoms with Gasteiger partial charge in [-0.05, 0) is 39.0 Å². The van der Waals surface area contributed by atoms with Crippen molar-refractivity contribution in [3.8, 4) is 0 Å². The Hall–Kier alpha value is -0.120. The number of aliphatic hydroxyl groups excluding tert-OH is 1. The van der Waals surface area contributed by atoms with Gasteiger partial charge in [-0.2, -0.15) is 0 Å². The van der Waals surface area contributed by atoms with Gasteiger partial charge in [0.2, 0.25) is 0 Å². The van der Waals surface area contributed by atoms with Gasteiger partial charge < -0.3 is 15.2 Å². The predicted molar refractivity (Wildman–Crippen MR) is 76.1 cm³/mol. The molecule has 0 aromatic heterocycles. The Bertz CT molecular complexity index is 308. The molecular formula is C16H29NO2. The first-order valence-corrected chi connectivity index (χ1v) is 8.21. The summed E-state index contributed by atoms with van der Waals surface area (Å²) in [7, 11) is 0. The van der Waals surface area contributed by atoms with Crippen molar-refractivity contribution >= 4 is 0 Å². The van der Waals surface area contributed by atoms with E-state index < -0.39 is 0 Å². The lowest BCUT2D eigenvalue weighted by Gasteiger charge is -2.58. The molecular weight excluding hydrogens is 238 g/mol. The van der Waals surface area contributed by atoms with E-state index in [9.17, 15) is 5.11 Å². The monoisotopic (exact) mass is 267 g/mol. The molecule has 0 aromatic rings. The van der Waals surface area contributed by atoms with Gasteiger partial charge in [-0.3, -0.25) is 0 Å². The summed E-state index contributed by atoms with van der Waals surface area (Å²) < 4.78 is 5.99. The normalized spacial score (nSPS) is 35.1. The summed E-state index contributed by atoms with van der Waals surface area (Å²) in [6.07, 6.45) is 10.9. The summed E-state index contributed by atoms with van der Waals surface area (Å²) in [6.45, 7) is 4.32. The highest BCUT2D eigenvalue weighted by Gasteiger charge is 2.56. The van der Waals surface area contributed by atoms with Gasteiger partial charge in [0.15, 0.2) is 0 Å². The van der Waals surface area contributed by atoms with Crippen LogP contribution in [0.25, 0.3) is 0 Å². The zero-order valence-corrected chi connectivity index (χ0v) is 12.3. The second-order valence-electron chi connectivity index (χ2n) is 7.07. The summed E-state index contributed by atoms with van der Waals surface area (Å²) in [5, 5.41) is 13.2. The first-order chi connectivity index (χ1) is 9.25. The van der Waals surface area contributed by atoms with Crippen LogP contribution in [-0.4, -0.2) is 37.0 Å². The molecule has 0 saturated heterocycles. The Morgan fingerprint density at radius 3 is 2.47 bits per heavy atom. The van der Waals surface area contributed by atoms with E-state index in [-0.39, 0.29) is 5.41 Å². The summed E-state index contributed by atoms with van der Waals surface area (Å²) in [5.41, 5.74) is 0.645. The molecule has 0 heterocycles. The van der Waals surface area contributed by atoms with Crippen LogP contribution in [0.1, 0.15) is 58.3 Å². The lowest BCUT2D eigenvalue weighted by atomic mass is 9.55. The standard InChI is InChI=1S/C16H29NO2/c1-2-19-14-10-13(16(14)6-4-3-5-7-16)17-11-15(12-18)8-9-15/h13-14,17-18H,2-12H2,1H3. The van der Waals surface area contributed by atoms with Crippen molar-refractivity contribution in [1.29, 1.82) is 0 Å². The molecule has 0 radical (unpaired) electrons. The summed E-state index contributed by atoms with van der Waals surface area (Å²) >= 11 is 0. The first kappa shape index (κ1) is 13.8. The molecule has 3 aliphatic rings. The van der Waals surface area contributed by atoms with Gasteiger partial charge in [-0.1, -0.05) is 19.3 Å².